The Kier molecular flexibility index (Phi) is 3.99. The number of benzene rings is 1. The molecule has 0 spiro atoms. The second kappa shape index (κ2) is 5.90. The summed E-state index contributed by atoms with van der Waals surface area (Å²) in [5.41, 5.74) is -3.94. The summed E-state index contributed by atoms with van der Waals surface area (Å²) in [6.45, 7) is 9.02. The van der Waals surface area contributed by atoms with Gasteiger partial charge in [-0.05, 0) is 33.2 Å². The van der Waals surface area contributed by atoms with E-state index < -0.39 is 52.3 Å². The van der Waals surface area contributed by atoms with Crippen molar-refractivity contribution in [1.82, 2.24) is 4.90 Å². The summed E-state index contributed by atoms with van der Waals surface area (Å²) < 4.78 is 46.2. The van der Waals surface area contributed by atoms with Gasteiger partial charge < -0.3 is 9.64 Å². The second-order valence-electron chi connectivity index (χ2n) is 8.09. The summed E-state index contributed by atoms with van der Waals surface area (Å²) in [5.74, 6) is -2.80. The number of nitrogens with zero attached hydrogens (tertiary/aromatic N) is 3. The first kappa shape index (κ1) is 19.6. The minimum atomic E-state index is -4.78. The fourth-order valence-electron chi connectivity index (χ4n) is 4.78. The molecule has 0 N–H and O–H groups in total. The minimum Gasteiger partial charge on any atom is -0.358 e. The van der Waals surface area contributed by atoms with E-state index in [-0.39, 0.29) is 5.69 Å². The molecular formula is C20H18F3N3O3. The lowest BCUT2D eigenvalue weighted by Crippen LogP contribution is -2.47. The summed E-state index contributed by atoms with van der Waals surface area (Å²) >= 11 is 0. The smallest absolute Gasteiger partial charge is 0.358 e. The lowest BCUT2D eigenvalue weighted by Gasteiger charge is -2.31. The van der Waals surface area contributed by atoms with Gasteiger partial charge >= 0.3 is 6.18 Å². The van der Waals surface area contributed by atoms with E-state index in [0.717, 1.165) is 11.0 Å². The van der Waals surface area contributed by atoms with Gasteiger partial charge in [0.1, 0.15) is 5.60 Å². The van der Waals surface area contributed by atoms with E-state index in [1.54, 1.807) is 19.1 Å². The van der Waals surface area contributed by atoms with Gasteiger partial charge in [0.05, 0.1) is 29.6 Å². The van der Waals surface area contributed by atoms with E-state index in [2.05, 4.69) is 4.85 Å². The molecule has 29 heavy (non-hydrogen) atoms. The van der Waals surface area contributed by atoms with Gasteiger partial charge in [-0.25, -0.2) is 9.74 Å². The predicted octanol–water partition coefficient (Wildman–Crippen LogP) is 3.02. The molecule has 3 aliphatic heterocycles. The molecule has 1 aromatic rings. The van der Waals surface area contributed by atoms with Crippen LogP contribution in [0.2, 0.25) is 0 Å². The van der Waals surface area contributed by atoms with Crippen molar-refractivity contribution in [2.75, 3.05) is 25.5 Å². The Balaban J connectivity index is 1.79. The SMILES string of the molecule is [C-]#[N+]c1ccc(N2C(=O)[C@@H]3[C@H](C2=O)C2(C)C=CC3(CN(C)C)O2)cc1C(F)(F)F. The number of halogens is 3. The van der Waals surface area contributed by atoms with Crippen LogP contribution in [-0.4, -0.2) is 48.6 Å². The third kappa shape index (κ3) is 2.63. The highest BCUT2D eigenvalue weighted by Gasteiger charge is 2.72. The largest absolute Gasteiger partial charge is 0.407 e. The Bertz CT molecular complexity index is 997. The Morgan fingerprint density at radius 3 is 2.45 bits per heavy atom. The minimum absolute atomic E-state index is 0.183. The number of hydrogen-bond donors (Lipinski definition) is 0. The monoisotopic (exact) mass is 405 g/mol. The zero-order valence-electron chi connectivity index (χ0n) is 15.9. The van der Waals surface area contributed by atoms with Crippen molar-refractivity contribution in [3.63, 3.8) is 0 Å². The standard InChI is InChI=1S/C20H18F3N3O3/c1-18-7-8-19(29-18,10-25(3)4)15-14(18)16(27)26(17(15)28)11-5-6-13(24-2)12(9-11)20(21,22)23/h5-9,14-15H,10H2,1,3-4H3/t14-,15+,18?,19?/m1/s1. The van der Waals surface area contributed by atoms with Crippen molar-refractivity contribution in [2.24, 2.45) is 11.8 Å². The first-order chi connectivity index (χ1) is 13.4. The number of hydrogen-bond acceptors (Lipinski definition) is 4. The van der Waals surface area contributed by atoms with Gasteiger partial charge in [0.2, 0.25) is 11.8 Å². The van der Waals surface area contributed by atoms with Crippen LogP contribution in [0.5, 0.6) is 0 Å². The van der Waals surface area contributed by atoms with Crippen LogP contribution < -0.4 is 4.90 Å². The molecule has 2 saturated heterocycles. The van der Waals surface area contributed by atoms with Crippen LogP contribution >= 0.6 is 0 Å². The van der Waals surface area contributed by atoms with Gasteiger partial charge in [-0.3, -0.25) is 9.59 Å². The van der Waals surface area contributed by atoms with Crippen molar-refractivity contribution >= 4 is 23.2 Å². The fourth-order valence-corrected chi connectivity index (χ4v) is 4.78. The van der Waals surface area contributed by atoms with Crippen LogP contribution in [0.4, 0.5) is 24.5 Å². The van der Waals surface area contributed by atoms with Crippen LogP contribution in [0.1, 0.15) is 12.5 Å². The first-order valence-electron chi connectivity index (χ1n) is 8.95. The van der Waals surface area contributed by atoms with E-state index >= 15 is 0 Å². The lowest BCUT2D eigenvalue weighted by molar-refractivity contribution is -0.137. The highest BCUT2D eigenvalue weighted by atomic mass is 19.4. The highest BCUT2D eigenvalue weighted by molar-refractivity contribution is 6.23. The number of alkyl halides is 3. The Morgan fingerprint density at radius 1 is 1.21 bits per heavy atom. The summed E-state index contributed by atoms with van der Waals surface area (Å²) in [6, 6.07) is 2.89. The third-order valence-corrected chi connectivity index (χ3v) is 5.78. The van der Waals surface area contributed by atoms with Gasteiger partial charge in [0.25, 0.3) is 0 Å². The van der Waals surface area contributed by atoms with E-state index in [1.165, 1.54) is 6.07 Å². The predicted molar refractivity (Wildman–Crippen MR) is 97.1 cm³/mol. The van der Waals surface area contributed by atoms with Crippen molar-refractivity contribution in [3.05, 3.63) is 47.3 Å². The van der Waals surface area contributed by atoms with Crippen LogP contribution in [0.3, 0.4) is 0 Å². The number of carbonyl (C=O) groups excluding carboxylic acids is 2. The molecule has 4 atom stereocenters. The van der Waals surface area contributed by atoms with Crippen LogP contribution in [-0.2, 0) is 20.5 Å². The average molecular weight is 405 g/mol. The van der Waals surface area contributed by atoms with Crippen molar-refractivity contribution < 1.29 is 27.5 Å². The molecule has 0 aromatic heterocycles. The number of rotatable bonds is 3. The maximum Gasteiger partial charge on any atom is 0.407 e. The number of fused-ring (bicyclic) bond motifs is 5. The molecule has 152 valence electrons. The van der Waals surface area contributed by atoms with Crippen molar-refractivity contribution in [1.29, 1.82) is 0 Å². The number of anilines is 1. The Morgan fingerprint density at radius 2 is 1.86 bits per heavy atom. The van der Waals surface area contributed by atoms with Gasteiger partial charge in [-0.2, -0.15) is 13.2 Å². The zero-order chi connectivity index (χ0) is 21.4. The number of imide groups is 1. The van der Waals surface area contributed by atoms with Crippen LogP contribution in [0, 0.1) is 18.4 Å². The van der Waals surface area contributed by atoms with E-state index in [9.17, 15) is 22.8 Å². The van der Waals surface area contributed by atoms with E-state index in [0.29, 0.717) is 12.6 Å². The summed E-state index contributed by atoms with van der Waals surface area (Å²) in [5, 5.41) is 0. The quantitative estimate of drug-likeness (QED) is 0.441. The van der Waals surface area contributed by atoms with E-state index in [1.807, 2.05) is 19.0 Å². The van der Waals surface area contributed by atoms with Gasteiger partial charge in [0, 0.05) is 12.2 Å². The fraction of sp³-hybridized carbons (Fsp3) is 0.450. The normalized spacial score (nSPS) is 33.0. The molecule has 2 fully saturated rings. The summed E-state index contributed by atoms with van der Waals surface area (Å²) in [4.78, 5) is 32.0. The molecule has 2 bridgehead atoms. The van der Waals surface area contributed by atoms with Gasteiger partial charge in [-0.15, -0.1) is 0 Å². The molecule has 0 saturated carbocycles. The topological polar surface area (TPSA) is 54.2 Å². The molecule has 2 amide bonds. The van der Waals surface area contributed by atoms with Crippen LogP contribution in [0.15, 0.2) is 30.4 Å². The molecule has 1 aromatic carbocycles. The average Bonchev–Trinajstić information content (AvgIpc) is 3.18. The zero-order valence-corrected chi connectivity index (χ0v) is 15.9. The van der Waals surface area contributed by atoms with Crippen LogP contribution in [0.25, 0.3) is 4.85 Å². The van der Waals surface area contributed by atoms with Gasteiger partial charge in [-0.1, -0.05) is 18.2 Å². The molecule has 3 heterocycles. The maximum absolute atomic E-state index is 13.4. The number of carbonyl (C=O) groups is 2. The molecule has 0 aliphatic carbocycles. The molecule has 4 rings (SSSR count). The third-order valence-electron chi connectivity index (χ3n) is 5.78. The van der Waals surface area contributed by atoms with Crippen molar-refractivity contribution in [3.8, 4) is 0 Å². The maximum atomic E-state index is 13.4. The van der Waals surface area contributed by atoms with Crippen molar-refractivity contribution in [2.45, 2.75) is 24.3 Å². The first-order valence-corrected chi connectivity index (χ1v) is 8.95. The second-order valence-corrected chi connectivity index (χ2v) is 8.09. The highest BCUT2D eigenvalue weighted by Crippen LogP contribution is 2.58. The number of likely N-dealkylation sites (N-methyl/N-ethyl adjacent to an activating group) is 1. The van der Waals surface area contributed by atoms with Gasteiger partial charge in [0.15, 0.2) is 5.69 Å². The molecule has 6 nitrogen and oxygen atoms in total. The number of amides is 2. The summed E-state index contributed by atoms with van der Waals surface area (Å²) in [6.07, 6.45) is -1.24. The summed E-state index contributed by atoms with van der Waals surface area (Å²) in [7, 11) is 3.62. The lowest BCUT2D eigenvalue weighted by atomic mass is 9.72. The molecule has 3 aliphatic rings. The molecule has 2 unspecified atom stereocenters. The molecule has 9 heteroatoms. The molecular weight excluding hydrogens is 387 g/mol. The molecule has 0 radical (unpaired) electrons. The Hall–Kier alpha value is -2.70. The van der Waals surface area contributed by atoms with E-state index in [4.69, 9.17) is 11.3 Å². The Labute approximate surface area is 165 Å². The number of ether oxygens (including phenoxy) is 1.